The SMILES string of the molecule is OC1=CNCC1. The Bertz CT molecular complexity index is 77.6. The molecule has 0 aromatic carbocycles. The molecule has 2 nitrogen and oxygen atoms in total. The van der Waals surface area contributed by atoms with Crippen LogP contribution in [0.4, 0.5) is 0 Å². The highest BCUT2D eigenvalue weighted by Gasteiger charge is 1.96. The molecule has 0 aromatic heterocycles. The summed E-state index contributed by atoms with van der Waals surface area (Å²) in [5.74, 6) is 0.468. The van der Waals surface area contributed by atoms with Gasteiger partial charge in [0.2, 0.25) is 0 Å². The van der Waals surface area contributed by atoms with Crippen LogP contribution in [0.2, 0.25) is 0 Å². The molecule has 0 saturated heterocycles. The van der Waals surface area contributed by atoms with E-state index >= 15 is 0 Å². The summed E-state index contributed by atoms with van der Waals surface area (Å²) in [4.78, 5) is 0. The molecule has 0 fully saturated rings. The molecule has 6 heavy (non-hydrogen) atoms. The zero-order valence-corrected chi connectivity index (χ0v) is 3.44. The van der Waals surface area contributed by atoms with Gasteiger partial charge >= 0.3 is 0 Å². The summed E-state index contributed by atoms with van der Waals surface area (Å²) in [6.45, 7) is 0.895. The lowest BCUT2D eigenvalue weighted by atomic mass is 10.4. The second kappa shape index (κ2) is 1.20. The van der Waals surface area contributed by atoms with Crippen molar-refractivity contribution >= 4 is 0 Å². The van der Waals surface area contributed by atoms with Crippen LogP contribution in [0.3, 0.4) is 0 Å². The fraction of sp³-hybridized carbons (Fsp3) is 0.500. The van der Waals surface area contributed by atoms with E-state index < -0.39 is 0 Å². The Labute approximate surface area is 36.5 Å². The maximum absolute atomic E-state index is 8.53. The van der Waals surface area contributed by atoms with Crippen molar-refractivity contribution in [3.8, 4) is 0 Å². The molecular formula is C4H7NO. The molecule has 0 unspecified atom stereocenters. The molecule has 0 amide bonds. The summed E-state index contributed by atoms with van der Waals surface area (Å²) in [6, 6.07) is 0. The van der Waals surface area contributed by atoms with E-state index in [9.17, 15) is 0 Å². The summed E-state index contributed by atoms with van der Waals surface area (Å²) >= 11 is 0. The molecule has 1 rings (SSSR count). The number of hydrogen-bond donors (Lipinski definition) is 2. The number of nitrogens with one attached hydrogen (secondary N) is 1. The zero-order chi connectivity index (χ0) is 4.41. The summed E-state index contributed by atoms with van der Waals surface area (Å²) in [7, 11) is 0. The third-order valence-corrected chi connectivity index (χ3v) is 0.794. The average Bonchev–Trinajstić information content (AvgIpc) is 1.86. The maximum atomic E-state index is 8.53. The number of hydrogen-bond acceptors (Lipinski definition) is 2. The van der Waals surface area contributed by atoms with Crippen molar-refractivity contribution in [2.75, 3.05) is 6.54 Å². The lowest BCUT2D eigenvalue weighted by Crippen LogP contribution is -1.96. The minimum absolute atomic E-state index is 0.468. The molecule has 1 aliphatic heterocycles. The Morgan fingerprint density at radius 2 is 2.67 bits per heavy atom. The smallest absolute Gasteiger partial charge is 0.110 e. The Morgan fingerprint density at radius 3 is 2.83 bits per heavy atom. The first kappa shape index (κ1) is 3.53. The highest BCUT2D eigenvalue weighted by Crippen LogP contribution is 1.97. The molecule has 2 N–H and O–H groups in total. The van der Waals surface area contributed by atoms with E-state index in [0.29, 0.717) is 5.76 Å². The van der Waals surface area contributed by atoms with E-state index in [1.54, 1.807) is 6.20 Å². The third-order valence-electron chi connectivity index (χ3n) is 0.794. The molecular weight excluding hydrogens is 78.0 g/mol. The van der Waals surface area contributed by atoms with Crippen molar-refractivity contribution in [1.82, 2.24) is 5.32 Å². The summed E-state index contributed by atoms with van der Waals surface area (Å²) < 4.78 is 0. The molecule has 1 aliphatic rings. The van der Waals surface area contributed by atoms with Crippen LogP contribution >= 0.6 is 0 Å². The van der Waals surface area contributed by atoms with E-state index in [-0.39, 0.29) is 0 Å². The van der Waals surface area contributed by atoms with Crippen LogP contribution < -0.4 is 5.32 Å². The quantitative estimate of drug-likeness (QED) is 0.445. The van der Waals surface area contributed by atoms with Crippen molar-refractivity contribution in [3.05, 3.63) is 12.0 Å². The van der Waals surface area contributed by atoms with Crippen molar-refractivity contribution in [1.29, 1.82) is 0 Å². The minimum atomic E-state index is 0.468. The normalized spacial score (nSPS) is 19.7. The van der Waals surface area contributed by atoms with Crippen molar-refractivity contribution in [3.63, 3.8) is 0 Å². The number of aliphatic hydroxyl groups excluding tert-OH is 1. The second-order valence-corrected chi connectivity index (χ2v) is 1.34. The molecule has 1 heterocycles. The van der Waals surface area contributed by atoms with Crippen LogP contribution in [-0.4, -0.2) is 11.7 Å². The van der Waals surface area contributed by atoms with E-state index in [1.807, 2.05) is 0 Å². The largest absolute Gasteiger partial charge is 0.511 e. The van der Waals surface area contributed by atoms with Crippen LogP contribution in [0.25, 0.3) is 0 Å². The predicted molar refractivity (Wildman–Crippen MR) is 23.3 cm³/mol. The molecule has 0 saturated carbocycles. The molecule has 0 atom stereocenters. The number of aliphatic hydroxyl groups is 1. The van der Waals surface area contributed by atoms with Gasteiger partial charge in [-0.05, 0) is 0 Å². The average molecular weight is 85.1 g/mol. The van der Waals surface area contributed by atoms with Gasteiger partial charge in [0.1, 0.15) is 5.76 Å². The summed E-state index contributed by atoms with van der Waals surface area (Å²) in [6.07, 6.45) is 2.42. The van der Waals surface area contributed by atoms with Gasteiger partial charge < -0.3 is 10.4 Å². The Kier molecular flexibility index (Phi) is 0.708. The molecule has 0 aliphatic carbocycles. The van der Waals surface area contributed by atoms with Gasteiger partial charge in [0.15, 0.2) is 0 Å². The Balaban J connectivity index is 2.45. The molecule has 0 bridgehead atoms. The van der Waals surface area contributed by atoms with Crippen LogP contribution in [0.5, 0.6) is 0 Å². The maximum Gasteiger partial charge on any atom is 0.110 e. The van der Waals surface area contributed by atoms with Gasteiger partial charge in [-0.2, -0.15) is 0 Å². The van der Waals surface area contributed by atoms with Crippen molar-refractivity contribution < 1.29 is 5.11 Å². The highest BCUT2D eigenvalue weighted by atomic mass is 16.3. The van der Waals surface area contributed by atoms with Crippen molar-refractivity contribution in [2.24, 2.45) is 0 Å². The Hall–Kier alpha value is -0.660. The van der Waals surface area contributed by atoms with Gasteiger partial charge in [-0.3, -0.25) is 0 Å². The van der Waals surface area contributed by atoms with E-state index in [0.717, 1.165) is 13.0 Å². The minimum Gasteiger partial charge on any atom is -0.511 e. The van der Waals surface area contributed by atoms with Crippen molar-refractivity contribution in [2.45, 2.75) is 6.42 Å². The van der Waals surface area contributed by atoms with Gasteiger partial charge in [0.25, 0.3) is 0 Å². The van der Waals surface area contributed by atoms with Gasteiger partial charge in [-0.25, -0.2) is 0 Å². The van der Waals surface area contributed by atoms with Crippen LogP contribution in [-0.2, 0) is 0 Å². The van der Waals surface area contributed by atoms with E-state index in [2.05, 4.69) is 5.32 Å². The predicted octanol–water partition coefficient (Wildman–Crippen LogP) is 0.379. The van der Waals surface area contributed by atoms with Gasteiger partial charge in [-0.1, -0.05) is 0 Å². The van der Waals surface area contributed by atoms with E-state index in [1.165, 1.54) is 0 Å². The monoisotopic (exact) mass is 85.1 g/mol. The summed E-state index contributed by atoms with van der Waals surface area (Å²) in [5.41, 5.74) is 0. The van der Waals surface area contributed by atoms with Gasteiger partial charge in [-0.15, -0.1) is 0 Å². The molecule has 34 valence electrons. The Morgan fingerprint density at radius 1 is 1.83 bits per heavy atom. The lowest BCUT2D eigenvalue weighted by Gasteiger charge is -1.79. The molecule has 0 spiro atoms. The fourth-order valence-electron chi connectivity index (χ4n) is 0.462. The second-order valence-electron chi connectivity index (χ2n) is 1.34. The van der Waals surface area contributed by atoms with E-state index in [4.69, 9.17) is 5.11 Å². The topological polar surface area (TPSA) is 32.3 Å². The van der Waals surface area contributed by atoms with Crippen LogP contribution in [0, 0.1) is 0 Å². The van der Waals surface area contributed by atoms with Gasteiger partial charge in [0.05, 0.1) is 0 Å². The fourth-order valence-corrected chi connectivity index (χ4v) is 0.462. The van der Waals surface area contributed by atoms with Crippen LogP contribution in [0.15, 0.2) is 12.0 Å². The molecule has 2 heteroatoms. The highest BCUT2D eigenvalue weighted by molar-refractivity contribution is 4.95. The first-order chi connectivity index (χ1) is 2.89. The first-order valence-corrected chi connectivity index (χ1v) is 2.01. The lowest BCUT2D eigenvalue weighted by molar-refractivity contribution is 0.400. The standard InChI is InChI=1S/C4H7NO/c6-4-1-2-5-3-4/h3,5-6H,1-2H2. The summed E-state index contributed by atoms with van der Waals surface area (Å²) in [5, 5.41) is 11.4. The number of rotatable bonds is 0. The molecule has 0 aromatic rings. The van der Waals surface area contributed by atoms with Crippen LogP contribution in [0.1, 0.15) is 6.42 Å². The third kappa shape index (κ3) is 0.455. The molecule has 0 radical (unpaired) electrons. The first-order valence-electron chi connectivity index (χ1n) is 2.01. The van der Waals surface area contributed by atoms with Gasteiger partial charge in [0, 0.05) is 19.2 Å². The zero-order valence-electron chi connectivity index (χ0n) is 3.44.